The van der Waals surface area contributed by atoms with Crippen LogP contribution in [0.5, 0.6) is 0 Å². The molecule has 1 heterocycles. The first-order valence-corrected chi connectivity index (χ1v) is 11.7. The molecule has 184 valence electrons. The summed E-state index contributed by atoms with van der Waals surface area (Å²) in [6.07, 6.45) is 0. The highest BCUT2D eigenvalue weighted by atomic mass is 19.1. The van der Waals surface area contributed by atoms with Gasteiger partial charge >= 0.3 is 0 Å². The van der Waals surface area contributed by atoms with Crippen molar-refractivity contribution in [1.82, 2.24) is 9.88 Å². The van der Waals surface area contributed by atoms with Crippen LogP contribution in [0, 0.1) is 5.82 Å². The Kier molecular flexibility index (Phi) is 7.61. The van der Waals surface area contributed by atoms with Crippen LogP contribution in [-0.2, 0) is 11.3 Å². The van der Waals surface area contributed by atoms with Gasteiger partial charge in [-0.1, -0.05) is 42.5 Å². The highest BCUT2D eigenvalue weighted by molar-refractivity contribution is 5.94. The van der Waals surface area contributed by atoms with E-state index in [-0.39, 0.29) is 23.0 Å². The van der Waals surface area contributed by atoms with E-state index in [0.29, 0.717) is 6.54 Å². The molecule has 4 rings (SSSR count). The van der Waals surface area contributed by atoms with Gasteiger partial charge in [0.2, 0.25) is 5.91 Å². The second-order valence-electron chi connectivity index (χ2n) is 8.59. The number of hydrogen-bond acceptors (Lipinski definition) is 4. The average Bonchev–Trinajstić information content (AvgIpc) is 2.91. The summed E-state index contributed by atoms with van der Waals surface area (Å²) in [4.78, 5) is 28.0. The van der Waals surface area contributed by atoms with Crippen LogP contribution in [0.3, 0.4) is 0 Å². The van der Waals surface area contributed by atoms with Gasteiger partial charge in [0.25, 0.3) is 5.56 Å². The predicted octanol–water partition coefficient (Wildman–Crippen LogP) is 5.02. The molecule has 2 N–H and O–H groups in total. The topological polar surface area (TPSA) is 66.4 Å². The van der Waals surface area contributed by atoms with E-state index < -0.39 is 6.04 Å². The van der Waals surface area contributed by atoms with Gasteiger partial charge in [-0.2, -0.15) is 0 Å². The second kappa shape index (κ2) is 11.0. The van der Waals surface area contributed by atoms with Crippen LogP contribution in [0.1, 0.15) is 12.5 Å². The highest BCUT2D eigenvalue weighted by Crippen LogP contribution is 2.26. The van der Waals surface area contributed by atoms with Crippen molar-refractivity contribution in [2.24, 2.45) is 0 Å². The van der Waals surface area contributed by atoms with E-state index in [1.54, 1.807) is 36.7 Å². The molecule has 1 aromatic heterocycles. The summed E-state index contributed by atoms with van der Waals surface area (Å²) >= 11 is 0. The molecule has 1 atom stereocenters. The van der Waals surface area contributed by atoms with E-state index in [1.807, 2.05) is 72.6 Å². The molecule has 1 amide bonds. The number of aromatic nitrogens is 1. The molecule has 0 radical (unpaired) electrons. The summed E-state index contributed by atoms with van der Waals surface area (Å²) in [6, 6.07) is 26.9. The van der Waals surface area contributed by atoms with Crippen LogP contribution in [0.25, 0.3) is 11.3 Å². The monoisotopic (exact) mass is 484 g/mol. The third-order valence-corrected chi connectivity index (χ3v) is 6.18. The summed E-state index contributed by atoms with van der Waals surface area (Å²) in [6.45, 7) is 2.04. The Balaban J connectivity index is 1.72. The van der Waals surface area contributed by atoms with Gasteiger partial charge < -0.3 is 20.1 Å². The Hall–Kier alpha value is -4.23. The first kappa shape index (κ1) is 24.9. The minimum Gasteiger partial charge on any atom is -0.345 e. The van der Waals surface area contributed by atoms with Gasteiger partial charge in [0.15, 0.2) is 0 Å². The van der Waals surface area contributed by atoms with E-state index in [2.05, 4.69) is 10.6 Å². The Bertz CT molecular complexity index is 1400. The number of halogens is 1. The minimum atomic E-state index is -0.440. The van der Waals surface area contributed by atoms with Gasteiger partial charge in [-0.05, 0) is 73.6 Å². The maximum atomic E-state index is 13.6. The number of carbonyl (C=O) groups is 1. The van der Waals surface area contributed by atoms with Crippen LogP contribution >= 0.6 is 0 Å². The van der Waals surface area contributed by atoms with Crippen LogP contribution in [0.2, 0.25) is 0 Å². The first-order valence-electron chi connectivity index (χ1n) is 11.7. The van der Waals surface area contributed by atoms with Gasteiger partial charge in [0.05, 0.1) is 18.3 Å². The number of benzene rings is 3. The lowest BCUT2D eigenvalue weighted by molar-refractivity contribution is -0.117. The van der Waals surface area contributed by atoms with Gasteiger partial charge in [-0.25, -0.2) is 4.39 Å². The number of carbonyl (C=O) groups excluding carboxylic acids is 1. The molecule has 0 spiro atoms. The maximum absolute atomic E-state index is 13.6. The van der Waals surface area contributed by atoms with Crippen molar-refractivity contribution in [3.63, 3.8) is 0 Å². The molecule has 0 aliphatic heterocycles. The molecule has 0 bridgehead atoms. The van der Waals surface area contributed by atoms with Crippen molar-refractivity contribution in [2.45, 2.75) is 19.5 Å². The minimum absolute atomic E-state index is 0.223. The van der Waals surface area contributed by atoms with Crippen LogP contribution in [0.15, 0.2) is 95.8 Å². The van der Waals surface area contributed by atoms with Gasteiger partial charge in [-0.15, -0.1) is 0 Å². The molecule has 36 heavy (non-hydrogen) atoms. The number of anilines is 3. The molecule has 0 fully saturated rings. The SMILES string of the molecule is CN[C@@H](C)C(=O)Nc1ccc(-c2ccccc2)n(Cc2cccc(N(C)c3ccc(F)cc3)c2)c1=O. The zero-order chi connectivity index (χ0) is 25.7. The average molecular weight is 485 g/mol. The standard InChI is InChI=1S/C29H29FN4O2/c1-20(31-2)28(35)32-26-16-17-27(22-9-5-4-6-10-22)34(29(26)36)19-21-8-7-11-25(18-21)33(3)24-14-12-23(30)13-15-24/h4-18,20,31H,19H2,1-3H3,(H,32,35)/t20-/m0/s1. The van der Waals surface area contributed by atoms with Crippen molar-refractivity contribution in [2.75, 3.05) is 24.3 Å². The summed E-state index contributed by atoms with van der Waals surface area (Å²) in [5, 5.41) is 5.63. The van der Waals surface area contributed by atoms with Crippen LogP contribution in [0.4, 0.5) is 21.5 Å². The Morgan fingerprint density at radius 3 is 2.36 bits per heavy atom. The Morgan fingerprint density at radius 1 is 0.944 bits per heavy atom. The normalized spacial score (nSPS) is 11.7. The zero-order valence-corrected chi connectivity index (χ0v) is 20.5. The van der Waals surface area contributed by atoms with E-state index in [0.717, 1.165) is 28.2 Å². The molecule has 3 aromatic carbocycles. The first-order chi connectivity index (χ1) is 17.4. The van der Waals surface area contributed by atoms with Crippen molar-refractivity contribution >= 4 is 23.0 Å². The lowest BCUT2D eigenvalue weighted by Gasteiger charge is -2.21. The number of amides is 1. The quantitative estimate of drug-likeness (QED) is 0.369. The van der Waals surface area contributed by atoms with Gasteiger partial charge in [0.1, 0.15) is 11.5 Å². The number of pyridine rings is 1. The third-order valence-electron chi connectivity index (χ3n) is 6.18. The molecule has 7 heteroatoms. The number of nitrogens with one attached hydrogen (secondary N) is 2. The second-order valence-corrected chi connectivity index (χ2v) is 8.59. The van der Waals surface area contributed by atoms with Crippen LogP contribution < -0.4 is 21.1 Å². The molecule has 0 saturated heterocycles. The lowest BCUT2D eigenvalue weighted by Crippen LogP contribution is -2.37. The summed E-state index contributed by atoms with van der Waals surface area (Å²) in [5.41, 5.74) is 4.24. The van der Waals surface area contributed by atoms with Crippen molar-refractivity contribution in [3.05, 3.63) is 113 Å². The smallest absolute Gasteiger partial charge is 0.275 e. The predicted molar refractivity (Wildman–Crippen MR) is 143 cm³/mol. The fraction of sp³-hybridized carbons (Fsp3) is 0.172. The number of hydrogen-bond donors (Lipinski definition) is 2. The molecule has 0 aliphatic carbocycles. The molecule has 0 aliphatic rings. The number of rotatable bonds is 8. The van der Waals surface area contributed by atoms with E-state index in [4.69, 9.17) is 0 Å². The molecule has 0 saturated carbocycles. The fourth-order valence-corrected chi connectivity index (χ4v) is 3.92. The molecule has 4 aromatic rings. The Labute approximate surface area is 210 Å². The fourth-order valence-electron chi connectivity index (χ4n) is 3.92. The highest BCUT2D eigenvalue weighted by Gasteiger charge is 2.16. The maximum Gasteiger partial charge on any atom is 0.275 e. The summed E-state index contributed by atoms with van der Waals surface area (Å²) < 4.78 is 15.0. The lowest BCUT2D eigenvalue weighted by atomic mass is 10.1. The third kappa shape index (κ3) is 5.53. The number of nitrogens with zero attached hydrogens (tertiary/aromatic N) is 2. The van der Waals surface area contributed by atoms with Gasteiger partial charge in [0, 0.05) is 18.4 Å². The van der Waals surface area contributed by atoms with E-state index in [1.165, 1.54) is 12.1 Å². The van der Waals surface area contributed by atoms with E-state index in [9.17, 15) is 14.0 Å². The van der Waals surface area contributed by atoms with E-state index >= 15 is 0 Å². The van der Waals surface area contributed by atoms with Crippen LogP contribution in [-0.4, -0.2) is 30.6 Å². The van der Waals surface area contributed by atoms with Crippen molar-refractivity contribution < 1.29 is 9.18 Å². The summed E-state index contributed by atoms with van der Waals surface area (Å²) in [5.74, 6) is -0.568. The zero-order valence-electron chi connectivity index (χ0n) is 20.5. The Morgan fingerprint density at radius 2 is 1.67 bits per heavy atom. The van der Waals surface area contributed by atoms with Crippen molar-refractivity contribution in [3.8, 4) is 11.3 Å². The molecular formula is C29H29FN4O2. The molecule has 6 nitrogen and oxygen atoms in total. The largest absolute Gasteiger partial charge is 0.345 e. The molecule has 0 unspecified atom stereocenters. The van der Waals surface area contributed by atoms with Gasteiger partial charge in [-0.3, -0.25) is 9.59 Å². The van der Waals surface area contributed by atoms with Crippen molar-refractivity contribution in [1.29, 1.82) is 0 Å². The summed E-state index contributed by atoms with van der Waals surface area (Å²) in [7, 11) is 3.60. The number of likely N-dealkylation sites (N-methyl/N-ethyl adjacent to an activating group) is 1. The molecular weight excluding hydrogens is 455 g/mol.